The van der Waals surface area contributed by atoms with Crippen LogP contribution in [0.3, 0.4) is 0 Å². The quantitative estimate of drug-likeness (QED) is 0.424. The molecular formula is C20H17N3O2. The molecular weight excluding hydrogens is 314 g/mol. The van der Waals surface area contributed by atoms with Gasteiger partial charge in [0, 0.05) is 22.7 Å². The number of hydrogen-bond acceptors (Lipinski definition) is 4. The van der Waals surface area contributed by atoms with Crippen LogP contribution in [-0.4, -0.2) is 20.2 Å². The van der Waals surface area contributed by atoms with Crippen molar-refractivity contribution in [3.8, 4) is 22.6 Å². The number of imidazole rings is 1. The van der Waals surface area contributed by atoms with Gasteiger partial charge < -0.3 is 4.98 Å². The van der Waals surface area contributed by atoms with E-state index >= 15 is 0 Å². The number of pyridine rings is 1. The first kappa shape index (κ1) is 15.5. The average molecular weight is 331 g/mol. The van der Waals surface area contributed by atoms with Crippen LogP contribution in [0, 0.1) is 6.92 Å². The standard InChI is InChI=1S/C20H17N3O2/c1-13-6-8-14(9-7-13)19-18(12-25-24)22-20(23-19)16-10-15-4-2-3-5-17(15)21-11-16/h2-11,24H,12H2,1H3,(H,22,23). The van der Waals surface area contributed by atoms with Crippen molar-refractivity contribution in [2.45, 2.75) is 13.5 Å². The lowest BCUT2D eigenvalue weighted by molar-refractivity contribution is -0.253. The third kappa shape index (κ3) is 3.03. The van der Waals surface area contributed by atoms with Crippen LogP contribution in [0.4, 0.5) is 0 Å². The lowest BCUT2D eigenvalue weighted by atomic mass is 10.1. The van der Waals surface area contributed by atoms with E-state index in [1.807, 2.05) is 61.5 Å². The SMILES string of the molecule is Cc1ccc(-c2nc(-c3cnc4ccccc4c3)[nH]c2COO)cc1. The number of fused-ring (bicyclic) bond motifs is 1. The molecule has 2 N–H and O–H groups in total. The van der Waals surface area contributed by atoms with E-state index in [1.165, 1.54) is 5.56 Å². The van der Waals surface area contributed by atoms with Gasteiger partial charge >= 0.3 is 0 Å². The number of aromatic amines is 1. The Balaban J connectivity index is 1.81. The number of nitrogens with zero attached hydrogens (tertiary/aromatic N) is 2. The van der Waals surface area contributed by atoms with Crippen LogP contribution >= 0.6 is 0 Å². The Labute approximate surface area is 144 Å². The summed E-state index contributed by atoms with van der Waals surface area (Å²) in [6.07, 6.45) is 1.80. The van der Waals surface area contributed by atoms with Gasteiger partial charge in [0.05, 0.1) is 16.9 Å². The zero-order chi connectivity index (χ0) is 17.2. The highest BCUT2D eigenvalue weighted by Gasteiger charge is 2.14. The lowest BCUT2D eigenvalue weighted by Crippen LogP contribution is -1.91. The van der Waals surface area contributed by atoms with Crippen LogP contribution in [0.1, 0.15) is 11.3 Å². The van der Waals surface area contributed by atoms with E-state index in [1.54, 1.807) is 6.20 Å². The molecule has 5 heteroatoms. The largest absolute Gasteiger partial charge is 0.339 e. The van der Waals surface area contributed by atoms with Crippen molar-refractivity contribution in [1.82, 2.24) is 15.0 Å². The summed E-state index contributed by atoms with van der Waals surface area (Å²) < 4.78 is 0. The molecule has 0 spiro atoms. The molecule has 2 heterocycles. The maximum absolute atomic E-state index is 8.90. The molecule has 0 saturated carbocycles. The number of para-hydroxylation sites is 1. The molecule has 25 heavy (non-hydrogen) atoms. The predicted molar refractivity (Wildman–Crippen MR) is 96.9 cm³/mol. The van der Waals surface area contributed by atoms with Gasteiger partial charge in [-0.15, -0.1) is 0 Å². The van der Waals surface area contributed by atoms with E-state index in [0.29, 0.717) is 5.82 Å². The van der Waals surface area contributed by atoms with E-state index in [9.17, 15) is 0 Å². The molecule has 4 rings (SSSR count). The van der Waals surface area contributed by atoms with Crippen molar-refractivity contribution < 1.29 is 10.1 Å². The van der Waals surface area contributed by atoms with Crippen LogP contribution < -0.4 is 0 Å². The fourth-order valence-corrected chi connectivity index (χ4v) is 2.87. The summed E-state index contributed by atoms with van der Waals surface area (Å²) in [5, 5.41) is 9.95. The highest BCUT2D eigenvalue weighted by atomic mass is 17.1. The first-order chi connectivity index (χ1) is 12.2. The molecule has 0 aliphatic heterocycles. The molecule has 4 aromatic rings. The Morgan fingerprint density at radius 1 is 1.04 bits per heavy atom. The minimum atomic E-state index is 0.0389. The summed E-state index contributed by atoms with van der Waals surface area (Å²) >= 11 is 0. The Hall–Kier alpha value is -3.02. The van der Waals surface area contributed by atoms with Gasteiger partial charge in [0.2, 0.25) is 0 Å². The molecule has 0 amide bonds. The Morgan fingerprint density at radius 2 is 1.84 bits per heavy atom. The fourth-order valence-electron chi connectivity index (χ4n) is 2.87. The Bertz CT molecular complexity index is 1020. The highest BCUT2D eigenvalue weighted by molar-refractivity contribution is 5.82. The molecule has 0 saturated heterocycles. The molecule has 0 fully saturated rings. The minimum absolute atomic E-state index is 0.0389. The number of nitrogens with one attached hydrogen (secondary N) is 1. The van der Waals surface area contributed by atoms with Gasteiger partial charge in [0.15, 0.2) is 0 Å². The molecule has 0 bridgehead atoms. The number of H-pyrrole nitrogens is 1. The predicted octanol–water partition coefficient (Wildman–Crippen LogP) is 4.59. The first-order valence-corrected chi connectivity index (χ1v) is 8.02. The van der Waals surface area contributed by atoms with Crippen LogP contribution in [0.2, 0.25) is 0 Å². The smallest absolute Gasteiger partial charge is 0.139 e. The van der Waals surface area contributed by atoms with Crippen LogP contribution in [0.25, 0.3) is 33.5 Å². The van der Waals surface area contributed by atoms with Crippen LogP contribution in [0.15, 0.2) is 60.8 Å². The number of rotatable bonds is 4. The Morgan fingerprint density at radius 3 is 2.64 bits per heavy atom. The van der Waals surface area contributed by atoms with Crippen molar-refractivity contribution in [3.05, 3.63) is 72.1 Å². The lowest BCUT2D eigenvalue weighted by Gasteiger charge is -2.01. The van der Waals surface area contributed by atoms with Gasteiger partial charge in [-0.2, -0.15) is 0 Å². The topological polar surface area (TPSA) is 71.0 Å². The monoisotopic (exact) mass is 331 g/mol. The van der Waals surface area contributed by atoms with Crippen molar-refractivity contribution in [1.29, 1.82) is 0 Å². The minimum Gasteiger partial charge on any atom is -0.339 e. The molecule has 5 nitrogen and oxygen atoms in total. The zero-order valence-electron chi connectivity index (χ0n) is 13.7. The van der Waals surface area contributed by atoms with E-state index < -0.39 is 0 Å². The summed E-state index contributed by atoms with van der Waals surface area (Å²) in [5.41, 5.74) is 5.45. The van der Waals surface area contributed by atoms with E-state index in [-0.39, 0.29) is 6.61 Å². The summed E-state index contributed by atoms with van der Waals surface area (Å²) in [6.45, 7) is 2.08. The molecule has 0 aliphatic rings. The molecule has 0 radical (unpaired) electrons. The van der Waals surface area contributed by atoms with Gasteiger partial charge in [-0.1, -0.05) is 48.0 Å². The summed E-state index contributed by atoms with van der Waals surface area (Å²) in [4.78, 5) is 16.8. The molecule has 124 valence electrons. The second-order valence-electron chi connectivity index (χ2n) is 5.97. The van der Waals surface area contributed by atoms with Crippen LogP contribution in [-0.2, 0) is 11.5 Å². The summed E-state index contributed by atoms with van der Waals surface area (Å²) in [5.74, 6) is 0.695. The van der Waals surface area contributed by atoms with Crippen molar-refractivity contribution >= 4 is 10.9 Å². The highest BCUT2D eigenvalue weighted by Crippen LogP contribution is 2.28. The van der Waals surface area contributed by atoms with Gasteiger partial charge in [-0.25, -0.2) is 9.87 Å². The summed E-state index contributed by atoms with van der Waals surface area (Å²) in [6, 6.07) is 18.1. The molecule has 2 aromatic carbocycles. The molecule has 0 unspecified atom stereocenters. The zero-order valence-corrected chi connectivity index (χ0v) is 13.7. The van der Waals surface area contributed by atoms with E-state index in [0.717, 1.165) is 33.4 Å². The van der Waals surface area contributed by atoms with Gasteiger partial charge in [-0.3, -0.25) is 10.2 Å². The number of aryl methyl sites for hydroxylation is 1. The maximum atomic E-state index is 8.90. The van der Waals surface area contributed by atoms with Crippen molar-refractivity contribution in [2.24, 2.45) is 0 Å². The number of hydrogen-bond donors (Lipinski definition) is 2. The van der Waals surface area contributed by atoms with E-state index in [4.69, 9.17) is 10.2 Å². The van der Waals surface area contributed by atoms with E-state index in [2.05, 4.69) is 14.9 Å². The average Bonchev–Trinajstić information content (AvgIpc) is 3.06. The molecule has 0 atom stereocenters. The Kier molecular flexibility index (Phi) is 4.01. The normalized spacial score (nSPS) is 11.1. The second-order valence-corrected chi connectivity index (χ2v) is 5.97. The fraction of sp³-hybridized carbons (Fsp3) is 0.100. The van der Waals surface area contributed by atoms with Crippen molar-refractivity contribution in [2.75, 3.05) is 0 Å². The summed E-state index contributed by atoms with van der Waals surface area (Å²) in [7, 11) is 0. The maximum Gasteiger partial charge on any atom is 0.139 e. The first-order valence-electron chi connectivity index (χ1n) is 8.02. The molecule has 0 aliphatic carbocycles. The number of benzene rings is 2. The van der Waals surface area contributed by atoms with Gasteiger partial charge in [-0.05, 0) is 19.1 Å². The second kappa shape index (κ2) is 6.47. The third-order valence-corrected chi connectivity index (χ3v) is 4.18. The van der Waals surface area contributed by atoms with Gasteiger partial charge in [0.25, 0.3) is 0 Å². The number of aromatic nitrogens is 3. The third-order valence-electron chi connectivity index (χ3n) is 4.18. The molecule has 2 aromatic heterocycles. The van der Waals surface area contributed by atoms with Crippen molar-refractivity contribution in [3.63, 3.8) is 0 Å². The van der Waals surface area contributed by atoms with Gasteiger partial charge in [0.1, 0.15) is 12.4 Å². The van der Waals surface area contributed by atoms with Crippen LogP contribution in [0.5, 0.6) is 0 Å².